The van der Waals surface area contributed by atoms with Crippen LogP contribution in [0.4, 0.5) is 26.3 Å². The van der Waals surface area contributed by atoms with Gasteiger partial charge in [0.25, 0.3) is 0 Å². The van der Waals surface area contributed by atoms with Crippen LogP contribution in [0, 0.1) is 0 Å². The number of nitrogens with zero attached hydrogens (tertiary/aromatic N) is 6. The second-order valence-electron chi connectivity index (χ2n) is 17.9. The van der Waals surface area contributed by atoms with Crippen molar-refractivity contribution in [3.05, 3.63) is 242 Å². The van der Waals surface area contributed by atoms with Gasteiger partial charge in [-0.25, -0.2) is 24.9 Å². The summed E-state index contributed by atoms with van der Waals surface area (Å²) in [6.07, 6.45) is -9.25. The van der Waals surface area contributed by atoms with Crippen LogP contribution in [0.25, 0.3) is 118 Å². The predicted molar refractivity (Wildman–Crippen MR) is 283 cm³/mol. The zero-order chi connectivity index (χ0) is 51.3. The molecule has 3 heterocycles. The first-order valence-electron chi connectivity index (χ1n) is 23.9. The summed E-state index contributed by atoms with van der Waals surface area (Å²) in [6.45, 7) is 0. The topological polar surface area (TPSA) is 69.4 Å². The molecular formula is C63H38F6N6. The molecule has 0 bridgehead atoms. The molecule has 0 saturated heterocycles. The van der Waals surface area contributed by atoms with Crippen LogP contribution < -0.4 is 0 Å². The van der Waals surface area contributed by atoms with E-state index in [0.29, 0.717) is 73.4 Å². The first-order valence-corrected chi connectivity index (χ1v) is 23.9. The fourth-order valence-corrected chi connectivity index (χ4v) is 9.50. The lowest BCUT2D eigenvalue weighted by Crippen LogP contribution is -2.06. The number of aromatic nitrogens is 6. The lowest BCUT2D eigenvalue weighted by Gasteiger charge is -2.22. The summed E-state index contributed by atoms with van der Waals surface area (Å²) in [7, 11) is 0. The second kappa shape index (κ2) is 18.8. The summed E-state index contributed by atoms with van der Waals surface area (Å²) in [5.41, 5.74) is 7.61. The van der Waals surface area contributed by atoms with Crippen LogP contribution in [0.2, 0.25) is 0 Å². The van der Waals surface area contributed by atoms with Gasteiger partial charge in [-0.05, 0) is 77.9 Å². The molecule has 0 atom stereocenters. The van der Waals surface area contributed by atoms with Crippen LogP contribution in [0.15, 0.2) is 231 Å². The molecule has 0 aliphatic rings. The van der Waals surface area contributed by atoms with Gasteiger partial charge in [-0.15, -0.1) is 0 Å². The van der Waals surface area contributed by atoms with Gasteiger partial charge in [0.1, 0.15) is 0 Å². The van der Waals surface area contributed by atoms with E-state index in [1.165, 1.54) is 24.3 Å². The fourth-order valence-electron chi connectivity index (χ4n) is 9.50. The lowest BCUT2D eigenvalue weighted by atomic mass is 9.91. The third-order valence-corrected chi connectivity index (χ3v) is 13.1. The van der Waals surface area contributed by atoms with Gasteiger partial charge in [0.2, 0.25) is 0 Å². The first kappa shape index (κ1) is 46.5. The summed E-state index contributed by atoms with van der Waals surface area (Å²) in [5, 5.41) is 1.61. The van der Waals surface area contributed by atoms with E-state index in [2.05, 4.69) is 0 Å². The average molecular weight is 993 g/mol. The minimum absolute atomic E-state index is 0.289. The Morgan fingerprint density at radius 1 is 0.280 bits per heavy atom. The number of para-hydroxylation sites is 1. The molecular weight excluding hydrogens is 955 g/mol. The van der Waals surface area contributed by atoms with E-state index in [9.17, 15) is 26.3 Å². The molecule has 0 radical (unpaired) electrons. The minimum Gasteiger partial charge on any atom is -0.308 e. The van der Waals surface area contributed by atoms with Crippen molar-refractivity contribution in [1.29, 1.82) is 0 Å². The first-order chi connectivity index (χ1) is 36.4. The van der Waals surface area contributed by atoms with Crippen LogP contribution in [-0.4, -0.2) is 29.5 Å². The molecule has 0 saturated carbocycles. The van der Waals surface area contributed by atoms with Gasteiger partial charge in [-0.3, -0.25) is 0 Å². The third kappa shape index (κ3) is 9.07. The van der Waals surface area contributed by atoms with Gasteiger partial charge in [0.15, 0.2) is 23.3 Å². The third-order valence-electron chi connectivity index (χ3n) is 13.1. The summed E-state index contributed by atoms with van der Waals surface area (Å²) >= 11 is 0. The van der Waals surface area contributed by atoms with Gasteiger partial charge >= 0.3 is 12.4 Å². The summed E-state index contributed by atoms with van der Waals surface area (Å²) < 4.78 is 87.7. The van der Waals surface area contributed by atoms with Gasteiger partial charge in [0.05, 0.1) is 39.2 Å². The molecule has 3 aromatic heterocycles. The van der Waals surface area contributed by atoms with E-state index in [4.69, 9.17) is 24.9 Å². The van der Waals surface area contributed by atoms with Crippen molar-refractivity contribution in [2.24, 2.45) is 0 Å². The van der Waals surface area contributed by atoms with E-state index in [1.807, 2.05) is 187 Å². The second-order valence-corrected chi connectivity index (χ2v) is 17.9. The molecule has 362 valence electrons. The van der Waals surface area contributed by atoms with Crippen LogP contribution in [-0.2, 0) is 12.4 Å². The van der Waals surface area contributed by atoms with Crippen molar-refractivity contribution in [1.82, 2.24) is 29.5 Å². The van der Waals surface area contributed by atoms with Crippen molar-refractivity contribution < 1.29 is 26.3 Å². The molecule has 6 nitrogen and oxygen atoms in total. The highest BCUT2D eigenvalue weighted by molar-refractivity contribution is 6.12. The Hall–Kier alpha value is -9.55. The van der Waals surface area contributed by atoms with Crippen molar-refractivity contribution in [3.63, 3.8) is 0 Å². The largest absolute Gasteiger partial charge is 0.416 e. The fraction of sp³-hybridized carbons (Fsp3) is 0.0317. The summed E-state index contributed by atoms with van der Waals surface area (Å²) in [4.78, 5) is 25.1. The highest BCUT2D eigenvalue weighted by Gasteiger charge is 2.32. The number of halogens is 6. The maximum Gasteiger partial charge on any atom is 0.416 e. The van der Waals surface area contributed by atoms with Crippen molar-refractivity contribution in [3.8, 4) is 96.0 Å². The molecule has 12 heteroatoms. The minimum atomic E-state index is -4.62. The van der Waals surface area contributed by atoms with E-state index in [1.54, 1.807) is 0 Å². The molecule has 0 amide bonds. The zero-order valence-electron chi connectivity index (χ0n) is 39.4. The molecule has 9 aromatic carbocycles. The Morgan fingerprint density at radius 2 is 0.653 bits per heavy atom. The van der Waals surface area contributed by atoms with E-state index in [-0.39, 0.29) is 5.82 Å². The highest BCUT2D eigenvalue weighted by atomic mass is 19.4. The number of benzene rings is 9. The van der Waals surface area contributed by atoms with Gasteiger partial charge in [-0.1, -0.05) is 164 Å². The zero-order valence-corrected chi connectivity index (χ0v) is 39.4. The van der Waals surface area contributed by atoms with Crippen molar-refractivity contribution >= 4 is 21.8 Å². The molecule has 0 unspecified atom stereocenters. The van der Waals surface area contributed by atoms with Crippen LogP contribution in [0.3, 0.4) is 0 Å². The van der Waals surface area contributed by atoms with Crippen LogP contribution in [0.5, 0.6) is 0 Å². The number of alkyl halides is 6. The summed E-state index contributed by atoms with van der Waals surface area (Å²) in [6, 6.07) is 67.4. The van der Waals surface area contributed by atoms with E-state index in [0.717, 1.165) is 62.8 Å². The number of rotatable bonds is 9. The van der Waals surface area contributed by atoms with Crippen molar-refractivity contribution in [2.45, 2.75) is 12.4 Å². The summed E-state index contributed by atoms with van der Waals surface area (Å²) in [5.74, 6) is 1.68. The normalized spacial score (nSPS) is 11.9. The smallest absolute Gasteiger partial charge is 0.308 e. The standard InChI is InChI=1S/C63H38F6N6/c64-62(65,66)47-30-25-39(26-31-47)50-36-46(61-70-53(41-15-5-1-6-16-41)38-54(71-61)42-17-7-2-8-18-42)37-51(40-27-32-48(33-28-40)63(67,68)69)57(50)75-55-24-14-13-23-49(55)52-35-45(29-34-56(52)75)60-73-58(43-19-9-3-10-20-43)72-59(74-60)44-21-11-4-12-22-44/h1-38H. The van der Waals surface area contributed by atoms with Crippen molar-refractivity contribution in [2.75, 3.05) is 0 Å². The maximum atomic E-state index is 14.3. The molecule has 0 fully saturated rings. The average Bonchev–Trinajstić information content (AvgIpc) is 3.80. The predicted octanol–water partition coefficient (Wildman–Crippen LogP) is 17.1. The maximum absolute atomic E-state index is 14.3. The van der Waals surface area contributed by atoms with Crippen LogP contribution in [0.1, 0.15) is 11.1 Å². The molecule has 0 aliphatic carbocycles. The van der Waals surface area contributed by atoms with Crippen LogP contribution >= 0.6 is 0 Å². The number of hydrogen-bond donors (Lipinski definition) is 0. The Morgan fingerprint density at radius 3 is 1.11 bits per heavy atom. The molecule has 0 N–H and O–H groups in total. The van der Waals surface area contributed by atoms with Gasteiger partial charge < -0.3 is 4.57 Å². The molecule has 75 heavy (non-hydrogen) atoms. The van der Waals surface area contributed by atoms with E-state index >= 15 is 0 Å². The van der Waals surface area contributed by atoms with Gasteiger partial charge in [0, 0.05) is 55.3 Å². The Bertz CT molecular complexity index is 3860. The Balaban J connectivity index is 1.15. The quantitative estimate of drug-likeness (QED) is 0.135. The van der Waals surface area contributed by atoms with E-state index < -0.39 is 23.5 Å². The molecule has 0 spiro atoms. The SMILES string of the molecule is FC(F)(F)c1ccc(-c2cc(-c3nc(-c4ccccc4)cc(-c4ccccc4)n3)cc(-c3ccc(C(F)(F)F)cc3)c2-n2c3ccccc3c3cc(-c4nc(-c5ccccc5)nc(-c5ccccc5)n4)ccc32)cc1. The molecule has 12 rings (SSSR count). The Labute approximate surface area is 426 Å². The lowest BCUT2D eigenvalue weighted by molar-refractivity contribution is -0.138. The number of fused-ring (bicyclic) bond motifs is 3. The van der Waals surface area contributed by atoms with Gasteiger partial charge in [-0.2, -0.15) is 26.3 Å². The molecule has 0 aliphatic heterocycles. The molecule has 12 aromatic rings. The highest BCUT2D eigenvalue weighted by Crippen LogP contribution is 2.46. The monoisotopic (exact) mass is 992 g/mol. The number of hydrogen-bond acceptors (Lipinski definition) is 5. The Kier molecular flexibility index (Phi) is 11.7.